The molecule has 0 saturated heterocycles. The number of hydrogen-bond donors (Lipinski definition) is 1. The summed E-state index contributed by atoms with van der Waals surface area (Å²) in [7, 11) is 1.65. The number of rotatable bonds is 7. The van der Waals surface area contributed by atoms with Crippen LogP contribution in [0.15, 0.2) is 52.9 Å². The molecule has 30 heavy (non-hydrogen) atoms. The third-order valence-electron chi connectivity index (χ3n) is 6.12. The lowest BCUT2D eigenvalue weighted by atomic mass is 9.69. The molecule has 5 heteroatoms. The number of para-hydroxylation sites is 1. The van der Waals surface area contributed by atoms with Crippen LogP contribution >= 0.6 is 0 Å². The van der Waals surface area contributed by atoms with Gasteiger partial charge in [-0.2, -0.15) is 0 Å². The molecule has 3 aromatic rings. The van der Waals surface area contributed by atoms with E-state index < -0.39 is 0 Å². The second-order valence-corrected chi connectivity index (χ2v) is 7.97. The van der Waals surface area contributed by atoms with Crippen LogP contribution in [0.2, 0.25) is 0 Å². The fraction of sp³-hybridized carbons (Fsp3) is 0.400. The highest BCUT2D eigenvalue weighted by Crippen LogP contribution is 2.42. The smallest absolute Gasteiger partial charge is 0.287 e. The van der Waals surface area contributed by atoms with Crippen molar-refractivity contribution in [2.75, 3.05) is 20.3 Å². The third kappa shape index (κ3) is 4.02. The first kappa shape index (κ1) is 20.3. The molecule has 1 aliphatic rings. The van der Waals surface area contributed by atoms with Crippen LogP contribution in [0.1, 0.15) is 55.1 Å². The highest BCUT2D eigenvalue weighted by Gasteiger charge is 2.35. The lowest BCUT2D eigenvalue weighted by Crippen LogP contribution is -2.42. The topological polar surface area (TPSA) is 60.7 Å². The molecule has 0 atom stereocenters. The van der Waals surface area contributed by atoms with Crippen LogP contribution in [-0.2, 0) is 5.41 Å². The predicted octanol–water partition coefficient (Wildman–Crippen LogP) is 5.47. The molecule has 1 saturated carbocycles. The molecule has 0 radical (unpaired) electrons. The zero-order valence-electron chi connectivity index (χ0n) is 17.7. The van der Waals surface area contributed by atoms with E-state index in [0.29, 0.717) is 18.9 Å². The molecule has 158 valence electrons. The Morgan fingerprint density at radius 1 is 1.07 bits per heavy atom. The Labute approximate surface area is 177 Å². The van der Waals surface area contributed by atoms with E-state index in [2.05, 4.69) is 17.4 Å². The number of methoxy groups -OCH3 is 1. The van der Waals surface area contributed by atoms with Crippen LogP contribution in [-0.4, -0.2) is 26.2 Å². The SMILES string of the molecule is CCOc1cc(C2(CNC(=O)c3cc4ccccc4o3)CCCCC2)ccc1OC. The summed E-state index contributed by atoms with van der Waals surface area (Å²) in [4.78, 5) is 12.9. The summed E-state index contributed by atoms with van der Waals surface area (Å²) in [6.07, 6.45) is 5.59. The van der Waals surface area contributed by atoms with E-state index in [1.165, 1.54) is 12.0 Å². The van der Waals surface area contributed by atoms with Crippen LogP contribution in [0, 0.1) is 0 Å². The van der Waals surface area contributed by atoms with Crippen LogP contribution in [0.5, 0.6) is 11.5 Å². The van der Waals surface area contributed by atoms with E-state index in [-0.39, 0.29) is 11.3 Å². The average molecular weight is 408 g/mol. The number of nitrogens with one attached hydrogen (secondary N) is 1. The summed E-state index contributed by atoms with van der Waals surface area (Å²) in [5, 5.41) is 4.08. The van der Waals surface area contributed by atoms with Crippen molar-refractivity contribution in [2.45, 2.75) is 44.4 Å². The van der Waals surface area contributed by atoms with Gasteiger partial charge in [0.25, 0.3) is 5.91 Å². The van der Waals surface area contributed by atoms with Crippen molar-refractivity contribution in [1.29, 1.82) is 0 Å². The first-order valence-corrected chi connectivity index (χ1v) is 10.7. The monoisotopic (exact) mass is 407 g/mol. The number of benzene rings is 2. The summed E-state index contributed by atoms with van der Waals surface area (Å²) in [5.41, 5.74) is 1.81. The lowest BCUT2D eigenvalue weighted by molar-refractivity contribution is 0.0911. The summed E-state index contributed by atoms with van der Waals surface area (Å²) >= 11 is 0. The molecule has 1 heterocycles. The molecule has 1 fully saturated rings. The van der Waals surface area contributed by atoms with E-state index in [1.807, 2.05) is 37.3 Å². The Bertz CT molecular complexity index is 984. The first-order chi connectivity index (χ1) is 14.6. The Balaban J connectivity index is 1.58. The molecule has 4 rings (SSSR count). The summed E-state index contributed by atoms with van der Waals surface area (Å²) in [5.74, 6) is 1.67. The predicted molar refractivity (Wildman–Crippen MR) is 117 cm³/mol. The molecule has 5 nitrogen and oxygen atoms in total. The molecule has 1 aromatic heterocycles. The van der Waals surface area contributed by atoms with Gasteiger partial charge in [0, 0.05) is 17.3 Å². The van der Waals surface area contributed by atoms with Gasteiger partial charge >= 0.3 is 0 Å². The maximum absolute atomic E-state index is 12.9. The maximum atomic E-state index is 12.9. The normalized spacial score (nSPS) is 15.7. The minimum Gasteiger partial charge on any atom is -0.493 e. The highest BCUT2D eigenvalue weighted by molar-refractivity contribution is 5.96. The molecule has 0 unspecified atom stereocenters. The second-order valence-electron chi connectivity index (χ2n) is 7.97. The fourth-order valence-electron chi connectivity index (χ4n) is 4.50. The van der Waals surface area contributed by atoms with Crippen LogP contribution in [0.3, 0.4) is 0 Å². The second kappa shape index (κ2) is 8.82. The van der Waals surface area contributed by atoms with E-state index in [4.69, 9.17) is 13.9 Å². The lowest BCUT2D eigenvalue weighted by Gasteiger charge is -2.38. The van der Waals surface area contributed by atoms with Crippen LogP contribution < -0.4 is 14.8 Å². The highest BCUT2D eigenvalue weighted by atomic mass is 16.5. The summed E-state index contributed by atoms with van der Waals surface area (Å²) in [6.45, 7) is 3.12. The minimum atomic E-state index is -0.172. The standard InChI is InChI=1S/C25H29NO4/c1-3-29-22-16-19(11-12-21(22)28-2)25(13-7-4-8-14-25)17-26-24(27)23-15-18-9-5-6-10-20(18)30-23/h5-6,9-12,15-16H,3-4,7-8,13-14,17H2,1-2H3,(H,26,27). The number of fused-ring (bicyclic) bond motifs is 1. The number of amides is 1. The largest absolute Gasteiger partial charge is 0.493 e. The molecule has 0 aliphatic heterocycles. The van der Waals surface area contributed by atoms with Gasteiger partial charge in [-0.25, -0.2) is 0 Å². The Morgan fingerprint density at radius 2 is 1.87 bits per heavy atom. The van der Waals surface area contributed by atoms with Crippen LogP contribution in [0.25, 0.3) is 11.0 Å². The summed E-state index contributed by atoms with van der Waals surface area (Å²) in [6, 6.07) is 15.6. The number of furan rings is 1. The first-order valence-electron chi connectivity index (χ1n) is 10.7. The van der Waals surface area contributed by atoms with Crippen LogP contribution in [0.4, 0.5) is 0 Å². The molecule has 1 amide bonds. The quantitative estimate of drug-likeness (QED) is 0.564. The molecular weight excluding hydrogens is 378 g/mol. The molecule has 1 N–H and O–H groups in total. The fourth-order valence-corrected chi connectivity index (χ4v) is 4.50. The van der Waals surface area contributed by atoms with Crippen molar-refractivity contribution in [1.82, 2.24) is 5.32 Å². The number of ether oxygens (including phenoxy) is 2. The van der Waals surface area contributed by atoms with E-state index in [9.17, 15) is 4.79 Å². The van der Waals surface area contributed by atoms with Gasteiger partial charge in [-0.15, -0.1) is 0 Å². The van der Waals surface area contributed by atoms with Crippen molar-refractivity contribution in [3.8, 4) is 11.5 Å². The number of hydrogen-bond acceptors (Lipinski definition) is 4. The molecule has 0 bridgehead atoms. The van der Waals surface area contributed by atoms with Gasteiger partial charge < -0.3 is 19.2 Å². The van der Waals surface area contributed by atoms with E-state index in [0.717, 1.165) is 48.2 Å². The van der Waals surface area contributed by atoms with Gasteiger partial charge in [-0.05, 0) is 49.6 Å². The average Bonchev–Trinajstić information content (AvgIpc) is 3.23. The summed E-state index contributed by atoms with van der Waals surface area (Å²) < 4.78 is 17.0. The zero-order chi connectivity index (χ0) is 21.0. The molecule has 0 spiro atoms. The Morgan fingerprint density at radius 3 is 2.60 bits per heavy atom. The molecule has 2 aromatic carbocycles. The zero-order valence-corrected chi connectivity index (χ0v) is 17.7. The Hall–Kier alpha value is -2.95. The number of carbonyl (C=O) groups excluding carboxylic acids is 1. The van der Waals surface area contributed by atoms with Gasteiger partial charge in [0.2, 0.25) is 0 Å². The van der Waals surface area contributed by atoms with Gasteiger partial charge in [0.1, 0.15) is 5.58 Å². The molecule has 1 aliphatic carbocycles. The number of carbonyl (C=O) groups is 1. The van der Waals surface area contributed by atoms with E-state index >= 15 is 0 Å². The van der Waals surface area contributed by atoms with Gasteiger partial charge in [0.15, 0.2) is 17.3 Å². The molecular formula is C25H29NO4. The van der Waals surface area contributed by atoms with Crippen molar-refractivity contribution in [2.24, 2.45) is 0 Å². The van der Waals surface area contributed by atoms with Gasteiger partial charge in [-0.3, -0.25) is 4.79 Å². The van der Waals surface area contributed by atoms with Crippen molar-refractivity contribution in [3.05, 3.63) is 59.9 Å². The Kier molecular flexibility index (Phi) is 5.98. The van der Waals surface area contributed by atoms with E-state index in [1.54, 1.807) is 13.2 Å². The van der Waals surface area contributed by atoms with Gasteiger partial charge in [0.05, 0.1) is 13.7 Å². The van der Waals surface area contributed by atoms with Crippen molar-refractivity contribution < 1.29 is 18.7 Å². The van der Waals surface area contributed by atoms with Gasteiger partial charge in [-0.1, -0.05) is 43.5 Å². The van der Waals surface area contributed by atoms with Crippen molar-refractivity contribution in [3.63, 3.8) is 0 Å². The third-order valence-corrected chi connectivity index (χ3v) is 6.12. The van der Waals surface area contributed by atoms with Crippen molar-refractivity contribution >= 4 is 16.9 Å². The minimum absolute atomic E-state index is 0.113. The maximum Gasteiger partial charge on any atom is 0.287 e.